The molecule has 0 spiro atoms. The Kier molecular flexibility index (Phi) is 7.59. The Morgan fingerprint density at radius 2 is 1.81 bits per heavy atom. The molecule has 1 aliphatic rings. The topological polar surface area (TPSA) is 119 Å². The number of amides is 1. The van der Waals surface area contributed by atoms with Gasteiger partial charge in [-0.05, 0) is 48.4 Å². The zero-order valence-corrected chi connectivity index (χ0v) is 24.8. The molecule has 4 heterocycles. The monoisotopic (exact) mass is 617 g/mol. The van der Waals surface area contributed by atoms with Crippen LogP contribution in [0.3, 0.4) is 0 Å². The lowest BCUT2D eigenvalue weighted by molar-refractivity contribution is -0.132. The van der Waals surface area contributed by atoms with Crippen LogP contribution in [0.1, 0.15) is 28.6 Å². The number of halogens is 1. The van der Waals surface area contributed by atoms with E-state index in [0.717, 1.165) is 11.3 Å². The van der Waals surface area contributed by atoms with Crippen LogP contribution in [-0.2, 0) is 15.3 Å². The Morgan fingerprint density at radius 1 is 1.05 bits per heavy atom. The lowest BCUT2D eigenvalue weighted by atomic mass is 9.96. The van der Waals surface area contributed by atoms with Gasteiger partial charge in [0, 0.05) is 11.9 Å². The van der Waals surface area contributed by atoms with Gasteiger partial charge in [0.2, 0.25) is 5.13 Å². The predicted octanol–water partition coefficient (Wildman–Crippen LogP) is 5.57. The van der Waals surface area contributed by atoms with Crippen molar-refractivity contribution in [1.82, 2.24) is 19.6 Å². The minimum atomic E-state index is -1.08. The third-order valence-corrected chi connectivity index (χ3v) is 9.11. The standard InChI is InChI=1S/C30H24FN5O5S2/c1-16-24(35-13-7-6-10-22(35)32-16)26(37)23-25(17-11-12-20(40-2)21(14-17)41-3)36(28(39)27(23)38)29-33-34-30(43-29)42-15-18-8-4-5-9-19(18)31/h4-14,25,37H,15H2,1-3H3. The van der Waals surface area contributed by atoms with Crippen molar-refractivity contribution in [2.45, 2.75) is 23.1 Å². The van der Waals surface area contributed by atoms with Crippen molar-refractivity contribution in [3.8, 4) is 11.5 Å². The molecule has 1 amide bonds. The molecular weight excluding hydrogens is 593 g/mol. The summed E-state index contributed by atoms with van der Waals surface area (Å²) >= 11 is 2.35. The number of anilines is 1. The van der Waals surface area contributed by atoms with Crippen LogP contribution in [0.5, 0.6) is 11.5 Å². The number of nitrogens with zero attached hydrogens (tertiary/aromatic N) is 5. The molecule has 1 aliphatic heterocycles. The number of carbonyl (C=O) groups is 2. The molecule has 1 atom stereocenters. The van der Waals surface area contributed by atoms with Crippen LogP contribution < -0.4 is 14.4 Å². The van der Waals surface area contributed by atoms with Gasteiger partial charge < -0.3 is 14.6 Å². The number of carbonyl (C=O) groups excluding carboxylic acids is 2. The van der Waals surface area contributed by atoms with Gasteiger partial charge in [0.25, 0.3) is 5.78 Å². The molecule has 0 saturated carbocycles. The number of hydrogen-bond donors (Lipinski definition) is 1. The molecule has 0 radical (unpaired) electrons. The number of aryl methyl sites for hydroxylation is 1. The first-order valence-electron chi connectivity index (χ1n) is 13.0. The highest BCUT2D eigenvalue weighted by Gasteiger charge is 2.49. The number of ether oxygens (including phenoxy) is 2. The van der Waals surface area contributed by atoms with E-state index in [2.05, 4.69) is 15.2 Å². The molecule has 6 rings (SSSR count). The number of aliphatic hydroxyl groups excluding tert-OH is 1. The minimum Gasteiger partial charge on any atom is -0.505 e. The fourth-order valence-electron chi connectivity index (χ4n) is 5.01. The number of Topliss-reactive ketones (excluding diaryl/α,β-unsaturated/α-hetero) is 1. The van der Waals surface area contributed by atoms with Gasteiger partial charge in [-0.2, -0.15) is 0 Å². The first kappa shape index (κ1) is 28.4. The summed E-state index contributed by atoms with van der Waals surface area (Å²) in [7, 11) is 2.98. The van der Waals surface area contributed by atoms with Crippen LogP contribution in [0.25, 0.3) is 11.4 Å². The maximum atomic E-state index is 14.2. The molecule has 1 unspecified atom stereocenters. The molecule has 2 aromatic carbocycles. The highest BCUT2D eigenvalue weighted by Crippen LogP contribution is 2.46. The number of fused-ring (bicyclic) bond motifs is 1. The minimum absolute atomic E-state index is 0.137. The summed E-state index contributed by atoms with van der Waals surface area (Å²) in [5, 5.41) is 20.3. The van der Waals surface area contributed by atoms with Crippen LogP contribution in [0.2, 0.25) is 0 Å². The van der Waals surface area contributed by atoms with Crippen molar-refractivity contribution < 1.29 is 28.6 Å². The maximum absolute atomic E-state index is 14.2. The zero-order chi connectivity index (χ0) is 30.2. The van der Waals surface area contributed by atoms with Gasteiger partial charge in [-0.3, -0.25) is 18.9 Å². The quantitative estimate of drug-likeness (QED) is 0.0784. The molecule has 1 saturated heterocycles. The average molecular weight is 618 g/mol. The number of rotatable bonds is 8. The third-order valence-electron chi connectivity index (χ3n) is 7.01. The fraction of sp³-hybridized carbons (Fsp3) is 0.167. The van der Waals surface area contributed by atoms with Crippen molar-refractivity contribution in [3.05, 3.63) is 101 Å². The summed E-state index contributed by atoms with van der Waals surface area (Å²) in [6.45, 7) is 1.72. The summed E-state index contributed by atoms with van der Waals surface area (Å²) in [6, 6.07) is 15.7. The van der Waals surface area contributed by atoms with Crippen LogP contribution in [0.15, 0.2) is 76.8 Å². The smallest absolute Gasteiger partial charge is 0.301 e. The highest BCUT2D eigenvalue weighted by atomic mass is 32.2. The third kappa shape index (κ3) is 5.00. The number of aliphatic hydroxyl groups is 1. The number of ketones is 1. The van der Waals surface area contributed by atoms with Crippen LogP contribution in [-0.4, -0.2) is 50.6 Å². The van der Waals surface area contributed by atoms with Crippen molar-refractivity contribution in [1.29, 1.82) is 0 Å². The number of imidazole rings is 1. The molecule has 218 valence electrons. The Bertz CT molecular complexity index is 1920. The van der Waals surface area contributed by atoms with E-state index in [1.54, 1.807) is 66.1 Å². The first-order valence-corrected chi connectivity index (χ1v) is 14.8. The lowest BCUT2D eigenvalue weighted by Crippen LogP contribution is -2.29. The Labute approximate surface area is 253 Å². The zero-order valence-electron chi connectivity index (χ0n) is 23.1. The summed E-state index contributed by atoms with van der Waals surface area (Å²) in [6.07, 6.45) is 1.72. The molecule has 3 aromatic heterocycles. The van der Waals surface area contributed by atoms with E-state index in [4.69, 9.17) is 9.47 Å². The summed E-state index contributed by atoms with van der Waals surface area (Å²) in [5.41, 5.74) is 2.17. The Balaban J connectivity index is 1.47. The van der Waals surface area contributed by atoms with Crippen molar-refractivity contribution >= 4 is 51.3 Å². The molecule has 0 bridgehead atoms. The van der Waals surface area contributed by atoms with Crippen LogP contribution in [0.4, 0.5) is 9.52 Å². The number of pyridine rings is 1. The maximum Gasteiger partial charge on any atom is 0.301 e. The van der Waals surface area contributed by atoms with E-state index in [-0.39, 0.29) is 28.0 Å². The van der Waals surface area contributed by atoms with E-state index in [0.29, 0.717) is 44.1 Å². The Morgan fingerprint density at radius 3 is 2.58 bits per heavy atom. The normalized spacial score (nSPS) is 16.3. The molecule has 10 nitrogen and oxygen atoms in total. The molecule has 43 heavy (non-hydrogen) atoms. The molecule has 5 aromatic rings. The van der Waals surface area contributed by atoms with E-state index < -0.39 is 17.7 Å². The van der Waals surface area contributed by atoms with E-state index in [1.807, 2.05) is 6.07 Å². The van der Waals surface area contributed by atoms with Crippen LogP contribution >= 0.6 is 23.1 Å². The number of methoxy groups -OCH3 is 2. The van der Waals surface area contributed by atoms with Crippen molar-refractivity contribution in [2.75, 3.05) is 19.1 Å². The second-order valence-electron chi connectivity index (χ2n) is 9.49. The summed E-state index contributed by atoms with van der Waals surface area (Å²) in [5.74, 6) is -1.37. The van der Waals surface area contributed by atoms with Gasteiger partial charge in [0.15, 0.2) is 21.6 Å². The van der Waals surface area contributed by atoms with Gasteiger partial charge in [0.05, 0.1) is 31.5 Å². The van der Waals surface area contributed by atoms with Gasteiger partial charge in [0.1, 0.15) is 17.2 Å². The van der Waals surface area contributed by atoms with Gasteiger partial charge in [-0.15, -0.1) is 10.2 Å². The number of hydrogen-bond acceptors (Lipinski definition) is 10. The molecule has 13 heteroatoms. The highest BCUT2D eigenvalue weighted by molar-refractivity contribution is 8.00. The fourth-order valence-corrected chi connectivity index (χ4v) is 6.86. The number of aromatic nitrogens is 4. The number of benzene rings is 2. The molecular formula is C30H24FN5O5S2. The predicted molar refractivity (Wildman–Crippen MR) is 160 cm³/mol. The summed E-state index contributed by atoms with van der Waals surface area (Å²) < 4.78 is 27.2. The molecule has 0 aliphatic carbocycles. The number of thioether (sulfide) groups is 1. The molecule has 1 fully saturated rings. The first-order chi connectivity index (χ1) is 20.8. The van der Waals surface area contributed by atoms with E-state index in [1.165, 1.54) is 36.9 Å². The summed E-state index contributed by atoms with van der Waals surface area (Å²) in [4.78, 5) is 33.1. The van der Waals surface area contributed by atoms with Crippen molar-refractivity contribution in [2.24, 2.45) is 0 Å². The lowest BCUT2D eigenvalue weighted by Gasteiger charge is -2.23. The van der Waals surface area contributed by atoms with Gasteiger partial charge in [-0.1, -0.05) is 53.4 Å². The van der Waals surface area contributed by atoms with Gasteiger partial charge in [-0.25, -0.2) is 9.37 Å². The largest absolute Gasteiger partial charge is 0.505 e. The van der Waals surface area contributed by atoms with Crippen molar-refractivity contribution in [3.63, 3.8) is 0 Å². The Hall–Kier alpha value is -4.75. The van der Waals surface area contributed by atoms with Crippen LogP contribution in [0, 0.1) is 12.7 Å². The van der Waals surface area contributed by atoms with E-state index in [9.17, 15) is 19.1 Å². The molecule has 1 N–H and O–H groups in total. The second kappa shape index (κ2) is 11.5. The van der Waals surface area contributed by atoms with Gasteiger partial charge >= 0.3 is 5.91 Å². The average Bonchev–Trinajstić information content (AvgIpc) is 3.69. The second-order valence-corrected chi connectivity index (χ2v) is 11.7. The van der Waals surface area contributed by atoms with E-state index >= 15 is 0 Å². The SMILES string of the molecule is COc1ccc(C2C(=C(O)c3c(C)nc4ccccn34)C(=O)C(=O)N2c2nnc(SCc3ccccc3F)s2)cc1OC.